The van der Waals surface area contributed by atoms with Gasteiger partial charge in [0.15, 0.2) is 0 Å². The first kappa shape index (κ1) is 25.3. The van der Waals surface area contributed by atoms with Gasteiger partial charge in [-0.05, 0) is 46.8 Å². The van der Waals surface area contributed by atoms with Crippen LogP contribution in [0.4, 0.5) is 0 Å². The van der Waals surface area contributed by atoms with Gasteiger partial charge in [0, 0.05) is 0 Å². The summed E-state index contributed by atoms with van der Waals surface area (Å²) in [5.41, 5.74) is 10.5. The van der Waals surface area contributed by atoms with Gasteiger partial charge in [-0.25, -0.2) is 0 Å². The van der Waals surface area contributed by atoms with Crippen molar-refractivity contribution in [1.29, 1.82) is 0 Å². The smallest absolute Gasteiger partial charge is 0.0768 e. The molecule has 0 aromatic carbocycles. The Hall–Kier alpha value is -0.823. The number of rotatable bonds is 8. The van der Waals surface area contributed by atoms with Gasteiger partial charge >= 0.3 is 0 Å². The average molecular weight is 465 g/mol. The van der Waals surface area contributed by atoms with E-state index in [2.05, 4.69) is 65.8 Å². The van der Waals surface area contributed by atoms with Crippen LogP contribution in [0.25, 0.3) is 0 Å². The number of hydrogen-bond acceptors (Lipinski definition) is 0. The Balaban J connectivity index is 1.95. The molecule has 0 aromatic heterocycles. The van der Waals surface area contributed by atoms with Crippen LogP contribution in [-0.2, 0) is 0 Å². The molecule has 1 heteroatoms. The van der Waals surface area contributed by atoms with E-state index in [4.69, 9.17) is 0 Å². The molecule has 0 spiro atoms. The molecule has 2 unspecified atom stereocenters. The van der Waals surface area contributed by atoms with E-state index >= 15 is 0 Å². The van der Waals surface area contributed by atoms with Crippen molar-refractivity contribution in [2.75, 3.05) is 0 Å². The highest BCUT2D eigenvalue weighted by atomic mass is 28.3. The van der Waals surface area contributed by atoms with Crippen molar-refractivity contribution in [2.24, 2.45) is 11.8 Å². The third-order valence-electron chi connectivity index (χ3n) is 10.0. The maximum absolute atomic E-state index is 2.86. The molecular weight excluding hydrogens is 412 g/mol. The highest BCUT2D eigenvalue weighted by Crippen LogP contribution is 2.65. The average Bonchev–Trinajstić information content (AvgIpc) is 3.47. The Morgan fingerprint density at radius 1 is 0.636 bits per heavy atom. The van der Waals surface area contributed by atoms with Crippen LogP contribution in [0.15, 0.2) is 46.6 Å². The summed E-state index contributed by atoms with van der Waals surface area (Å²) in [5.74, 6) is 1.36. The minimum atomic E-state index is -1.78. The van der Waals surface area contributed by atoms with E-state index in [1.54, 1.807) is 11.1 Å². The molecule has 4 aliphatic rings. The second-order valence-electron chi connectivity index (χ2n) is 12.4. The van der Waals surface area contributed by atoms with E-state index in [9.17, 15) is 0 Å². The molecule has 0 bridgehead atoms. The van der Waals surface area contributed by atoms with E-state index in [-0.39, 0.29) is 0 Å². The quantitative estimate of drug-likeness (QED) is 0.313. The van der Waals surface area contributed by atoms with Gasteiger partial charge in [-0.1, -0.05) is 152 Å². The van der Waals surface area contributed by atoms with Crippen molar-refractivity contribution in [2.45, 2.75) is 141 Å². The summed E-state index contributed by atoms with van der Waals surface area (Å²) in [6, 6.07) is 0. The molecular formula is C32H52Si. The lowest BCUT2D eigenvalue weighted by Gasteiger charge is -2.56. The monoisotopic (exact) mass is 464 g/mol. The summed E-state index contributed by atoms with van der Waals surface area (Å²) in [7, 11) is -1.78. The van der Waals surface area contributed by atoms with E-state index < -0.39 is 8.07 Å². The summed E-state index contributed by atoms with van der Waals surface area (Å²) in [6.45, 7) is 14.7. The van der Waals surface area contributed by atoms with Crippen molar-refractivity contribution >= 4 is 8.07 Å². The molecule has 0 N–H and O–H groups in total. The summed E-state index contributed by atoms with van der Waals surface area (Å²) >= 11 is 0. The SMILES string of the molecule is CCC1=CC([Si](C2CCCCC2)(C2CCCCC2)C2C=C(CC)C=C2C(C)C)C(C(C)C)=C1. The Bertz CT molecular complexity index is 724. The first-order chi connectivity index (χ1) is 15.9. The molecule has 0 nitrogen and oxygen atoms in total. The second-order valence-corrected chi connectivity index (χ2v) is 17.3. The molecule has 0 radical (unpaired) electrons. The predicted molar refractivity (Wildman–Crippen MR) is 150 cm³/mol. The lowest BCUT2D eigenvalue weighted by Crippen LogP contribution is -2.54. The van der Waals surface area contributed by atoms with Crippen molar-refractivity contribution in [3.05, 3.63) is 46.6 Å². The standard InChI is InChI=1S/C32H52Si/c1-7-25-19-29(23(3)4)31(21-25)33(27-15-11-9-12-16-27,28-17-13-10-14-18-28)32-22-26(8-2)20-30(32)24(5)6/h19-24,27-28,31-32H,7-18H2,1-6H3. The highest BCUT2D eigenvalue weighted by molar-refractivity contribution is 6.87. The fourth-order valence-corrected chi connectivity index (χ4v) is 17.3. The Labute approximate surface area is 207 Å². The summed E-state index contributed by atoms with van der Waals surface area (Å²) in [4.78, 5) is 0. The molecule has 0 aromatic rings. The van der Waals surface area contributed by atoms with Crippen molar-refractivity contribution < 1.29 is 0 Å². The Morgan fingerprint density at radius 3 is 1.30 bits per heavy atom. The van der Waals surface area contributed by atoms with Gasteiger partial charge in [0.25, 0.3) is 0 Å². The minimum Gasteiger partial charge on any atom is -0.0768 e. The lowest BCUT2D eigenvalue weighted by molar-refractivity contribution is 0.441. The summed E-state index contributed by atoms with van der Waals surface area (Å²) < 4.78 is 0. The Kier molecular flexibility index (Phi) is 8.30. The molecule has 184 valence electrons. The molecule has 2 fully saturated rings. The number of hydrogen-bond donors (Lipinski definition) is 0. The third-order valence-corrected chi connectivity index (χ3v) is 17.2. The molecule has 4 aliphatic carbocycles. The van der Waals surface area contributed by atoms with Crippen LogP contribution >= 0.6 is 0 Å². The van der Waals surface area contributed by atoms with Gasteiger partial charge in [-0.15, -0.1) is 0 Å². The predicted octanol–water partition coefficient (Wildman–Crippen LogP) is 10.7. The Morgan fingerprint density at radius 2 is 1.00 bits per heavy atom. The molecule has 0 aliphatic heterocycles. The van der Waals surface area contributed by atoms with E-state index in [0.29, 0.717) is 11.8 Å². The van der Waals surface area contributed by atoms with Crippen molar-refractivity contribution in [3.63, 3.8) is 0 Å². The van der Waals surface area contributed by atoms with Gasteiger partial charge in [0.05, 0.1) is 8.07 Å². The van der Waals surface area contributed by atoms with Crippen LogP contribution < -0.4 is 0 Å². The van der Waals surface area contributed by atoms with Crippen LogP contribution in [0.3, 0.4) is 0 Å². The largest absolute Gasteiger partial charge is 0.0826 e. The van der Waals surface area contributed by atoms with E-state index in [1.165, 1.54) is 77.0 Å². The summed E-state index contributed by atoms with van der Waals surface area (Å²) in [5, 5.41) is 0. The molecule has 33 heavy (non-hydrogen) atoms. The summed E-state index contributed by atoms with van der Waals surface area (Å²) in [6.07, 6.45) is 28.5. The van der Waals surface area contributed by atoms with Crippen LogP contribution in [0.1, 0.15) is 119 Å². The highest BCUT2D eigenvalue weighted by Gasteiger charge is 2.59. The fourth-order valence-electron chi connectivity index (χ4n) is 8.43. The molecule has 0 heterocycles. The van der Waals surface area contributed by atoms with Gasteiger partial charge in [-0.3, -0.25) is 0 Å². The zero-order valence-electron chi connectivity index (χ0n) is 22.8. The minimum absolute atomic E-state index is 0.678. The van der Waals surface area contributed by atoms with Crippen LogP contribution in [0.5, 0.6) is 0 Å². The molecule has 2 atom stereocenters. The van der Waals surface area contributed by atoms with Gasteiger partial charge in [0.2, 0.25) is 0 Å². The lowest BCUT2D eigenvalue weighted by atomic mass is 9.98. The zero-order chi connectivity index (χ0) is 23.6. The maximum atomic E-state index is 2.86. The molecule has 0 saturated heterocycles. The van der Waals surface area contributed by atoms with Gasteiger partial charge in [0.1, 0.15) is 0 Å². The molecule has 4 rings (SSSR count). The maximum Gasteiger partial charge on any atom is 0.0826 e. The van der Waals surface area contributed by atoms with E-state index in [1.807, 2.05) is 11.1 Å². The third kappa shape index (κ3) is 4.70. The van der Waals surface area contributed by atoms with Crippen molar-refractivity contribution in [1.82, 2.24) is 0 Å². The normalized spacial score (nSPS) is 27.8. The molecule has 2 saturated carbocycles. The van der Waals surface area contributed by atoms with Crippen LogP contribution in [0, 0.1) is 11.8 Å². The zero-order valence-corrected chi connectivity index (χ0v) is 23.8. The fraction of sp³-hybridized carbons (Fsp3) is 0.750. The van der Waals surface area contributed by atoms with Crippen LogP contribution in [0.2, 0.25) is 22.2 Å². The van der Waals surface area contributed by atoms with Crippen molar-refractivity contribution in [3.8, 4) is 0 Å². The van der Waals surface area contributed by atoms with Crippen LogP contribution in [-0.4, -0.2) is 8.07 Å². The van der Waals surface area contributed by atoms with Gasteiger partial charge in [-0.2, -0.15) is 0 Å². The van der Waals surface area contributed by atoms with Gasteiger partial charge < -0.3 is 0 Å². The second kappa shape index (κ2) is 10.8. The topological polar surface area (TPSA) is 0 Å². The first-order valence-electron chi connectivity index (χ1n) is 14.8. The number of allylic oxidation sites excluding steroid dienone is 8. The van der Waals surface area contributed by atoms with E-state index in [0.717, 1.165) is 22.2 Å². The first-order valence-corrected chi connectivity index (χ1v) is 17.1. The molecule has 0 amide bonds.